The highest BCUT2D eigenvalue weighted by atomic mass is 16.6. The topological polar surface area (TPSA) is 52.6 Å². The predicted octanol–water partition coefficient (Wildman–Crippen LogP) is 1.52. The molecule has 1 N–H and O–H groups in total. The summed E-state index contributed by atoms with van der Waals surface area (Å²) in [5, 5.41) is 3.61. The molecule has 2 unspecified atom stereocenters. The second-order valence-electron chi connectivity index (χ2n) is 5.61. The SMILES string of the molecule is COc1ccc(CNC2CCOC3(CCOC3)C2)cn1. The number of pyridine rings is 1. The maximum absolute atomic E-state index is 5.95. The van der Waals surface area contributed by atoms with E-state index in [9.17, 15) is 0 Å². The quantitative estimate of drug-likeness (QED) is 0.905. The van der Waals surface area contributed by atoms with Crippen molar-refractivity contribution in [1.29, 1.82) is 0 Å². The van der Waals surface area contributed by atoms with E-state index in [4.69, 9.17) is 14.2 Å². The van der Waals surface area contributed by atoms with Gasteiger partial charge in [-0.3, -0.25) is 0 Å². The molecule has 2 atom stereocenters. The number of hydrogen-bond donors (Lipinski definition) is 1. The van der Waals surface area contributed by atoms with Crippen LogP contribution >= 0.6 is 0 Å². The summed E-state index contributed by atoms with van der Waals surface area (Å²) in [5.41, 5.74) is 1.14. The maximum atomic E-state index is 5.95. The molecule has 0 aromatic carbocycles. The Balaban J connectivity index is 1.52. The largest absolute Gasteiger partial charge is 0.481 e. The molecule has 0 bridgehead atoms. The Morgan fingerprint density at radius 2 is 2.40 bits per heavy atom. The summed E-state index contributed by atoms with van der Waals surface area (Å²) in [6.07, 6.45) is 4.98. The Bertz CT molecular complexity index is 429. The Morgan fingerprint density at radius 3 is 3.10 bits per heavy atom. The lowest BCUT2D eigenvalue weighted by molar-refractivity contribution is -0.0894. The highest BCUT2D eigenvalue weighted by Gasteiger charge is 2.40. The third-order valence-electron chi connectivity index (χ3n) is 4.16. The van der Waals surface area contributed by atoms with Gasteiger partial charge < -0.3 is 19.5 Å². The number of nitrogens with zero attached hydrogens (tertiary/aromatic N) is 1. The van der Waals surface area contributed by atoms with Crippen LogP contribution in [0.15, 0.2) is 18.3 Å². The number of aromatic nitrogens is 1. The zero-order valence-corrected chi connectivity index (χ0v) is 11.9. The van der Waals surface area contributed by atoms with Crippen LogP contribution in [-0.4, -0.2) is 43.6 Å². The number of methoxy groups -OCH3 is 1. The Morgan fingerprint density at radius 1 is 1.45 bits per heavy atom. The molecule has 20 heavy (non-hydrogen) atoms. The average Bonchev–Trinajstić information content (AvgIpc) is 2.93. The van der Waals surface area contributed by atoms with Crippen molar-refractivity contribution in [1.82, 2.24) is 10.3 Å². The third kappa shape index (κ3) is 3.11. The van der Waals surface area contributed by atoms with Crippen molar-refractivity contribution in [2.75, 3.05) is 26.9 Å². The molecule has 3 rings (SSSR count). The van der Waals surface area contributed by atoms with Crippen molar-refractivity contribution in [2.45, 2.75) is 37.5 Å². The van der Waals surface area contributed by atoms with Crippen molar-refractivity contribution in [3.8, 4) is 5.88 Å². The highest BCUT2D eigenvalue weighted by molar-refractivity contribution is 5.17. The summed E-state index contributed by atoms with van der Waals surface area (Å²) in [6.45, 7) is 3.23. The molecule has 2 aliphatic rings. The van der Waals surface area contributed by atoms with Gasteiger partial charge >= 0.3 is 0 Å². The van der Waals surface area contributed by atoms with Crippen LogP contribution in [0.3, 0.4) is 0 Å². The summed E-state index contributed by atoms with van der Waals surface area (Å²) in [7, 11) is 1.63. The fourth-order valence-corrected chi connectivity index (χ4v) is 2.96. The van der Waals surface area contributed by atoms with Crippen LogP contribution in [0.2, 0.25) is 0 Å². The van der Waals surface area contributed by atoms with Crippen LogP contribution in [0.4, 0.5) is 0 Å². The van der Waals surface area contributed by atoms with Crippen LogP contribution in [0.5, 0.6) is 5.88 Å². The molecular weight excluding hydrogens is 256 g/mol. The number of ether oxygens (including phenoxy) is 3. The van der Waals surface area contributed by atoms with Crippen molar-refractivity contribution >= 4 is 0 Å². The summed E-state index contributed by atoms with van der Waals surface area (Å²) in [4.78, 5) is 4.22. The summed E-state index contributed by atoms with van der Waals surface area (Å²) in [5.74, 6) is 0.655. The molecule has 0 amide bonds. The molecule has 2 fully saturated rings. The molecule has 0 aliphatic carbocycles. The van der Waals surface area contributed by atoms with Gasteiger partial charge in [0, 0.05) is 44.5 Å². The van der Waals surface area contributed by atoms with Gasteiger partial charge in [-0.2, -0.15) is 0 Å². The molecule has 1 aromatic rings. The Hall–Kier alpha value is -1.17. The van der Waals surface area contributed by atoms with Crippen molar-refractivity contribution in [3.05, 3.63) is 23.9 Å². The fraction of sp³-hybridized carbons (Fsp3) is 0.667. The van der Waals surface area contributed by atoms with Gasteiger partial charge in [0.1, 0.15) is 0 Å². The zero-order chi connectivity index (χ0) is 13.8. The first-order chi connectivity index (χ1) is 9.80. The van der Waals surface area contributed by atoms with E-state index in [1.54, 1.807) is 7.11 Å². The van der Waals surface area contributed by atoms with E-state index in [0.717, 1.165) is 45.6 Å². The summed E-state index contributed by atoms with van der Waals surface area (Å²) in [6, 6.07) is 4.44. The monoisotopic (exact) mass is 278 g/mol. The third-order valence-corrected chi connectivity index (χ3v) is 4.16. The minimum absolute atomic E-state index is 0.0337. The number of nitrogens with one attached hydrogen (secondary N) is 1. The van der Waals surface area contributed by atoms with Gasteiger partial charge in [-0.25, -0.2) is 4.98 Å². The second-order valence-corrected chi connectivity index (χ2v) is 5.61. The second kappa shape index (κ2) is 6.08. The lowest BCUT2D eigenvalue weighted by Crippen LogP contribution is -2.47. The van der Waals surface area contributed by atoms with E-state index >= 15 is 0 Å². The molecule has 0 radical (unpaired) electrons. The standard InChI is InChI=1S/C15H22N2O3/c1-18-14-3-2-12(10-17-14)9-16-13-4-6-20-15(8-13)5-7-19-11-15/h2-3,10,13,16H,4-9,11H2,1H3. The van der Waals surface area contributed by atoms with Gasteiger partial charge in [0.2, 0.25) is 5.88 Å². The number of rotatable bonds is 4. The first-order valence-corrected chi connectivity index (χ1v) is 7.24. The van der Waals surface area contributed by atoms with Crippen LogP contribution in [0.25, 0.3) is 0 Å². The molecule has 2 aliphatic heterocycles. The van der Waals surface area contributed by atoms with E-state index in [1.165, 1.54) is 5.56 Å². The summed E-state index contributed by atoms with van der Waals surface area (Å²) >= 11 is 0. The molecule has 0 saturated carbocycles. The molecule has 1 spiro atoms. The van der Waals surface area contributed by atoms with Crippen molar-refractivity contribution in [3.63, 3.8) is 0 Å². The van der Waals surface area contributed by atoms with Crippen molar-refractivity contribution < 1.29 is 14.2 Å². The number of hydrogen-bond acceptors (Lipinski definition) is 5. The van der Waals surface area contributed by atoms with Gasteiger partial charge in [-0.15, -0.1) is 0 Å². The minimum atomic E-state index is -0.0337. The molecule has 3 heterocycles. The molecular formula is C15H22N2O3. The Labute approximate surface area is 119 Å². The zero-order valence-electron chi connectivity index (χ0n) is 11.9. The molecule has 110 valence electrons. The summed E-state index contributed by atoms with van der Waals surface area (Å²) < 4.78 is 16.5. The van der Waals surface area contributed by atoms with Gasteiger partial charge in [0.15, 0.2) is 0 Å². The first kappa shape index (κ1) is 13.8. The molecule has 5 nitrogen and oxygen atoms in total. The van der Waals surface area contributed by atoms with Crippen LogP contribution in [-0.2, 0) is 16.0 Å². The van der Waals surface area contributed by atoms with E-state index in [0.29, 0.717) is 11.9 Å². The van der Waals surface area contributed by atoms with E-state index in [2.05, 4.69) is 10.3 Å². The van der Waals surface area contributed by atoms with Crippen molar-refractivity contribution in [2.24, 2.45) is 0 Å². The molecule has 5 heteroatoms. The maximum Gasteiger partial charge on any atom is 0.212 e. The van der Waals surface area contributed by atoms with Gasteiger partial charge in [0.05, 0.1) is 19.3 Å². The Kier molecular flexibility index (Phi) is 4.19. The van der Waals surface area contributed by atoms with Gasteiger partial charge in [-0.05, 0) is 18.4 Å². The predicted molar refractivity (Wildman–Crippen MR) is 74.8 cm³/mol. The molecule has 1 aromatic heterocycles. The first-order valence-electron chi connectivity index (χ1n) is 7.24. The minimum Gasteiger partial charge on any atom is -0.481 e. The van der Waals surface area contributed by atoms with Crippen LogP contribution in [0.1, 0.15) is 24.8 Å². The average molecular weight is 278 g/mol. The lowest BCUT2D eigenvalue weighted by Gasteiger charge is -2.37. The van der Waals surface area contributed by atoms with Gasteiger partial charge in [-0.1, -0.05) is 6.07 Å². The van der Waals surface area contributed by atoms with Crippen LogP contribution < -0.4 is 10.1 Å². The van der Waals surface area contributed by atoms with Crippen LogP contribution in [0, 0.1) is 0 Å². The molecule has 2 saturated heterocycles. The van der Waals surface area contributed by atoms with E-state index in [-0.39, 0.29) is 5.60 Å². The lowest BCUT2D eigenvalue weighted by atomic mass is 9.89. The van der Waals surface area contributed by atoms with Gasteiger partial charge in [0.25, 0.3) is 0 Å². The normalized spacial score (nSPS) is 29.8. The highest BCUT2D eigenvalue weighted by Crippen LogP contribution is 2.32. The smallest absolute Gasteiger partial charge is 0.212 e. The van der Waals surface area contributed by atoms with E-state index < -0.39 is 0 Å². The van der Waals surface area contributed by atoms with E-state index in [1.807, 2.05) is 18.3 Å². The fourth-order valence-electron chi connectivity index (χ4n) is 2.96.